The molecule has 0 aliphatic heterocycles. The van der Waals surface area contributed by atoms with E-state index in [1.165, 1.54) is 0 Å². The molecule has 5 heteroatoms. The predicted octanol–water partition coefficient (Wildman–Crippen LogP) is 3.20. The van der Waals surface area contributed by atoms with Crippen molar-refractivity contribution in [2.45, 2.75) is 72.6 Å². The van der Waals surface area contributed by atoms with Crippen molar-refractivity contribution in [1.82, 2.24) is 15.1 Å². The Balaban J connectivity index is 4.57. The molecule has 0 heterocycles. The fourth-order valence-electron chi connectivity index (χ4n) is 2.47. The van der Waals surface area contributed by atoms with Crippen LogP contribution in [0.2, 0.25) is 0 Å². The van der Waals surface area contributed by atoms with Gasteiger partial charge in [0.25, 0.3) is 0 Å². The predicted molar refractivity (Wildman–Crippen MR) is 97.9 cm³/mol. The number of likely N-dealkylation sites (N-methyl/N-ethyl adjacent to an activating group) is 1. The van der Waals surface area contributed by atoms with Gasteiger partial charge in [-0.3, -0.25) is 0 Å². The van der Waals surface area contributed by atoms with Gasteiger partial charge in [-0.2, -0.15) is 0 Å². The highest BCUT2D eigenvalue weighted by atomic mass is 16.6. The van der Waals surface area contributed by atoms with Crippen molar-refractivity contribution in [3.8, 4) is 0 Å². The number of hydrogen-bond acceptors (Lipinski definition) is 4. The summed E-state index contributed by atoms with van der Waals surface area (Å²) in [5.41, 5.74) is -0.731. The Morgan fingerprint density at radius 2 is 1.61 bits per heavy atom. The lowest BCUT2D eigenvalue weighted by molar-refractivity contribution is 0.00653. The van der Waals surface area contributed by atoms with Crippen LogP contribution in [-0.4, -0.2) is 66.8 Å². The lowest BCUT2D eigenvalue weighted by atomic mass is 10.0. The van der Waals surface area contributed by atoms with Gasteiger partial charge < -0.3 is 19.9 Å². The summed E-state index contributed by atoms with van der Waals surface area (Å²) in [6, 6.07) is 0.486. The summed E-state index contributed by atoms with van der Waals surface area (Å²) in [7, 11) is 4.21. The summed E-state index contributed by atoms with van der Waals surface area (Å²) in [5, 5.41) is 3.48. The zero-order valence-electron chi connectivity index (χ0n) is 17.0. The molecule has 0 radical (unpaired) electrons. The number of ether oxygens (including phenoxy) is 1. The minimum atomic E-state index is -0.471. The molecule has 0 saturated heterocycles. The fraction of sp³-hybridized carbons (Fsp3) is 0.944. The Kier molecular flexibility index (Phi) is 8.57. The number of nitrogens with zero attached hydrogens (tertiary/aromatic N) is 2. The highest BCUT2D eigenvalue weighted by molar-refractivity contribution is 5.69. The maximum Gasteiger partial charge on any atom is 0.410 e. The van der Waals surface area contributed by atoms with Gasteiger partial charge >= 0.3 is 6.09 Å². The zero-order chi connectivity index (χ0) is 18.4. The summed E-state index contributed by atoms with van der Waals surface area (Å²) in [6.07, 6.45) is -0.250. The number of carbonyl (C=O) groups is 1. The van der Waals surface area contributed by atoms with Crippen molar-refractivity contribution in [2.24, 2.45) is 5.92 Å². The summed E-state index contributed by atoms with van der Waals surface area (Å²) in [4.78, 5) is 16.5. The van der Waals surface area contributed by atoms with Crippen LogP contribution in [-0.2, 0) is 4.74 Å². The van der Waals surface area contributed by atoms with E-state index in [0.717, 1.165) is 13.1 Å². The van der Waals surface area contributed by atoms with Crippen molar-refractivity contribution in [3.63, 3.8) is 0 Å². The first-order valence-corrected chi connectivity index (χ1v) is 8.63. The molecule has 0 aromatic rings. The van der Waals surface area contributed by atoms with E-state index in [1.54, 1.807) is 4.90 Å². The average molecular weight is 330 g/mol. The molecule has 0 saturated carbocycles. The van der Waals surface area contributed by atoms with Crippen LogP contribution in [0.15, 0.2) is 0 Å². The molecule has 1 unspecified atom stereocenters. The first-order chi connectivity index (χ1) is 10.3. The molecular weight excluding hydrogens is 290 g/mol. The van der Waals surface area contributed by atoms with Crippen molar-refractivity contribution in [3.05, 3.63) is 0 Å². The monoisotopic (exact) mass is 329 g/mol. The highest BCUT2D eigenvalue weighted by Crippen LogP contribution is 2.18. The molecule has 5 nitrogen and oxygen atoms in total. The van der Waals surface area contributed by atoms with Gasteiger partial charge in [0.2, 0.25) is 0 Å². The Morgan fingerprint density at radius 1 is 1.09 bits per heavy atom. The van der Waals surface area contributed by atoms with Crippen molar-refractivity contribution in [1.29, 1.82) is 0 Å². The van der Waals surface area contributed by atoms with E-state index in [9.17, 15) is 4.79 Å². The molecule has 0 spiro atoms. The SMILES string of the molecule is CC(C)C(CNCCN(C(=O)OC(C)(C)C)C(C)(C)C)N(C)C. The molecule has 0 aromatic carbocycles. The standard InChI is InChI=1S/C18H39N3O2/c1-14(2)15(20(9)10)13-19-11-12-21(17(3,4)5)16(22)23-18(6,7)8/h14-15,19H,11-13H2,1-10H3. The Labute approximate surface area is 143 Å². The molecular formula is C18H39N3O2. The van der Waals surface area contributed by atoms with Crippen LogP contribution in [0, 0.1) is 5.92 Å². The van der Waals surface area contributed by atoms with E-state index >= 15 is 0 Å². The van der Waals surface area contributed by atoms with Crippen molar-refractivity contribution in [2.75, 3.05) is 33.7 Å². The molecule has 0 aliphatic carbocycles. The van der Waals surface area contributed by atoms with Gasteiger partial charge in [0.15, 0.2) is 0 Å². The van der Waals surface area contributed by atoms with Gasteiger partial charge in [0, 0.05) is 31.2 Å². The minimum absolute atomic E-state index is 0.250. The third-order valence-electron chi connectivity index (χ3n) is 3.72. The second-order valence-electron chi connectivity index (χ2n) is 8.78. The van der Waals surface area contributed by atoms with E-state index in [1.807, 2.05) is 41.5 Å². The maximum absolute atomic E-state index is 12.4. The van der Waals surface area contributed by atoms with Gasteiger partial charge in [-0.05, 0) is 61.6 Å². The molecule has 23 heavy (non-hydrogen) atoms. The van der Waals surface area contributed by atoms with Gasteiger partial charge in [-0.1, -0.05) is 13.8 Å². The zero-order valence-corrected chi connectivity index (χ0v) is 17.0. The quantitative estimate of drug-likeness (QED) is 0.729. The molecule has 1 atom stereocenters. The number of carbonyl (C=O) groups excluding carboxylic acids is 1. The highest BCUT2D eigenvalue weighted by Gasteiger charge is 2.30. The van der Waals surface area contributed by atoms with Crippen LogP contribution < -0.4 is 5.32 Å². The van der Waals surface area contributed by atoms with Gasteiger partial charge in [0.05, 0.1) is 0 Å². The molecule has 0 bridgehead atoms. The van der Waals surface area contributed by atoms with Gasteiger partial charge in [0.1, 0.15) is 5.60 Å². The van der Waals surface area contributed by atoms with E-state index in [-0.39, 0.29) is 11.6 Å². The molecule has 0 rings (SSSR count). The van der Waals surface area contributed by atoms with Crippen LogP contribution in [0.4, 0.5) is 4.79 Å². The molecule has 0 fully saturated rings. The Bertz CT molecular complexity index is 346. The smallest absolute Gasteiger partial charge is 0.410 e. The van der Waals surface area contributed by atoms with Gasteiger partial charge in [-0.25, -0.2) is 4.79 Å². The molecule has 1 N–H and O–H groups in total. The van der Waals surface area contributed by atoms with E-state index in [2.05, 4.69) is 38.2 Å². The van der Waals surface area contributed by atoms with Crippen LogP contribution in [0.25, 0.3) is 0 Å². The lowest BCUT2D eigenvalue weighted by Crippen LogP contribution is -2.51. The van der Waals surface area contributed by atoms with E-state index in [0.29, 0.717) is 18.5 Å². The molecule has 0 aliphatic rings. The normalized spacial score (nSPS) is 14.3. The van der Waals surface area contributed by atoms with Crippen molar-refractivity contribution >= 4 is 6.09 Å². The number of amides is 1. The van der Waals surface area contributed by atoms with E-state index in [4.69, 9.17) is 4.74 Å². The Morgan fingerprint density at radius 3 is 1.96 bits per heavy atom. The average Bonchev–Trinajstić information content (AvgIpc) is 2.28. The summed E-state index contributed by atoms with van der Waals surface area (Å²) >= 11 is 0. The van der Waals surface area contributed by atoms with E-state index < -0.39 is 5.60 Å². The number of nitrogens with one attached hydrogen (secondary N) is 1. The van der Waals surface area contributed by atoms with Crippen LogP contribution in [0.3, 0.4) is 0 Å². The van der Waals surface area contributed by atoms with Crippen LogP contribution in [0.5, 0.6) is 0 Å². The van der Waals surface area contributed by atoms with Crippen LogP contribution in [0.1, 0.15) is 55.4 Å². The molecule has 0 aromatic heterocycles. The fourth-order valence-corrected chi connectivity index (χ4v) is 2.47. The number of rotatable bonds is 7. The summed E-state index contributed by atoms with van der Waals surface area (Å²) in [5.74, 6) is 0.585. The Hall–Kier alpha value is -0.810. The maximum atomic E-state index is 12.4. The third-order valence-corrected chi connectivity index (χ3v) is 3.72. The minimum Gasteiger partial charge on any atom is -0.444 e. The number of hydrogen-bond donors (Lipinski definition) is 1. The van der Waals surface area contributed by atoms with Gasteiger partial charge in [-0.15, -0.1) is 0 Å². The van der Waals surface area contributed by atoms with Crippen molar-refractivity contribution < 1.29 is 9.53 Å². The second-order valence-corrected chi connectivity index (χ2v) is 8.78. The third kappa shape index (κ3) is 9.16. The van der Waals surface area contributed by atoms with Crippen LogP contribution >= 0.6 is 0 Å². The topological polar surface area (TPSA) is 44.8 Å². The molecule has 138 valence electrons. The first kappa shape index (κ1) is 22.2. The summed E-state index contributed by atoms with van der Waals surface area (Å²) < 4.78 is 5.53. The summed E-state index contributed by atoms with van der Waals surface area (Å²) in [6.45, 7) is 18.6. The second kappa shape index (κ2) is 8.88. The first-order valence-electron chi connectivity index (χ1n) is 8.63. The lowest BCUT2D eigenvalue weighted by Gasteiger charge is -2.37. The largest absolute Gasteiger partial charge is 0.444 e. The molecule has 1 amide bonds.